The Bertz CT molecular complexity index is 1330. The second-order valence-electron chi connectivity index (χ2n) is 8.89. The van der Waals surface area contributed by atoms with Crippen molar-refractivity contribution in [2.24, 2.45) is 0 Å². The highest BCUT2D eigenvalue weighted by Crippen LogP contribution is 2.20. The van der Waals surface area contributed by atoms with Crippen LogP contribution in [0.4, 0.5) is 5.69 Å². The van der Waals surface area contributed by atoms with Crippen LogP contribution in [0.15, 0.2) is 79.1 Å². The molecule has 3 heterocycles. The number of imidazole rings is 1. The Hall–Kier alpha value is -4.20. The summed E-state index contributed by atoms with van der Waals surface area (Å²) in [5, 5.41) is 0. The molecule has 2 aromatic carbocycles. The minimum absolute atomic E-state index is 0.0368. The molecule has 0 unspecified atom stereocenters. The first-order valence-electron chi connectivity index (χ1n) is 12.3. The lowest BCUT2D eigenvalue weighted by molar-refractivity contribution is -0.132. The van der Waals surface area contributed by atoms with Gasteiger partial charge < -0.3 is 19.3 Å². The van der Waals surface area contributed by atoms with E-state index in [0.717, 1.165) is 35.4 Å². The molecule has 1 aliphatic heterocycles. The highest BCUT2D eigenvalue weighted by Gasteiger charge is 2.27. The fourth-order valence-electron chi connectivity index (χ4n) is 4.67. The van der Waals surface area contributed by atoms with Gasteiger partial charge in [-0.25, -0.2) is 4.98 Å². The van der Waals surface area contributed by atoms with Gasteiger partial charge in [-0.1, -0.05) is 42.5 Å². The van der Waals surface area contributed by atoms with Crippen molar-refractivity contribution >= 4 is 28.5 Å². The van der Waals surface area contributed by atoms with Crippen LogP contribution in [0.3, 0.4) is 0 Å². The first kappa shape index (κ1) is 23.5. The highest BCUT2D eigenvalue weighted by atomic mass is 16.2. The molecule has 0 aliphatic carbocycles. The highest BCUT2D eigenvalue weighted by molar-refractivity contribution is 5.97. The van der Waals surface area contributed by atoms with Crippen LogP contribution in [0.25, 0.3) is 11.0 Å². The predicted octanol–water partition coefficient (Wildman–Crippen LogP) is 3.29. The van der Waals surface area contributed by atoms with Crippen molar-refractivity contribution in [3.05, 3.63) is 90.5 Å². The number of likely N-dealkylation sites (N-methyl/N-ethyl adjacent to an activating group) is 1. The lowest BCUT2D eigenvalue weighted by Crippen LogP contribution is -2.52. The van der Waals surface area contributed by atoms with Gasteiger partial charge in [0.2, 0.25) is 11.7 Å². The number of aromatic nitrogens is 3. The van der Waals surface area contributed by atoms with Crippen molar-refractivity contribution in [2.75, 3.05) is 44.2 Å². The number of carbonyl (C=O) groups excluding carboxylic acids is 2. The number of rotatable bonds is 7. The average molecular weight is 483 g/mol. The van der Waals surface area contributed by atoms with Crippen molar-refractivity contribution in [3.8, 4) is 0 Å². The monoisotopic (exact) mass is 482 g/mol. The first-order valence-corrected chi connectivity index (χ1v) is 12.3. The number of nitrogens with zero attached hydrogens (tertiary/aromatic N) is 6. The Balaban J connectivity index is 1.31. The molecule has 0 N–H and O–H groups in total. The zero-order valence-corrected chi connectivity index (χ0v) is 20.5. The van der Waals surface area contributed by atoms with E-state index in [0.29, 0.717) is 32.0 Å². The van der Waals surface area contributed by atoms with Crippen LogP contribution in [0.1, 0.15) is 23.1 Å². The summed E-state index contributed by atoms with van der Waals surface area (Å²) in [4.78, 5) is 41.3. The molecule has 0 spiro atoms. The Labute approximate surface area is 210 Å². The predicted molar refractivity (Wildman–Crippen MR) is 140 cm³/mol. The molecule has 2 aromatic heterocycles. The normalized spacial score (nSPS) is 13.7. The quantitative estimate of drug-likeness (QED) is 0.404. The molecule has 1 fully saturated rings. The summed E-state index contributed by atoms with van der Waals surface area (Å²) in [5.74, 6) is 0.0934. The fourth-order valence-corrected chi connectivity index (χ4v) is 4.67. The minimum Gasteiger partial charge on any atom is -0.368 e. The van der Waals surface area contributed by atoms with E-state index < -0.39 is 0 Å². The van der Waals surface area contributed by atoms with Gasteiger partial charge in [0, 0.05) is 57.3 Å². The number of hydrogen-bond donors (Lipinski definition) is 0. The van der Waals surface area contributed by atoms with Crippen LogP contribution in [-0.2, 0) is 11.3 Å². The van der Waals surface area contributed by atoms with E-state index in [4.69, 9.17) is 0 Å². The fraction of sp³-hybridized carbons (Fsp3) is 0.286. The Morgan fingerprint density at radius 3 is 2.31 bits per heavy atom. The average Bonchev–Trinajstić information content (AvgIpc) is 3.30. The zero-order valence-electron chi connectivity index (χ0n) is 20.5. The van der Waals surface area contributed by atoms with Crippen LogP contribution in [0.5, 0.6) is 0 Å². The number of benzene rings is 2. The smallest absolute Gasteiger partial charge is 0.290 e. The van der Waals surface area contributed by atoms with Gasteiger partial charge in [0.15, 0.2) is 0 Å². The van der Waals surface area contributed by atoms with E-state index in [-0.39, 0.29) is 18.4 Å². The molecule has 0 radical (unpaired) electrons. The summed E-state index contributed by atoms with van der Waals surface area (Å²) >= 11 is 0. The number of hydrogen-bond acceptors (Lipinski definition) is 5. The van der Waals surface area contributed by atoms with Gasteiger partial charge in [0.1, 0.15) is 6.54 Å². The van der Waals surface area contributed by atoms with Crippen molar-refractivity contribution in [1.82, 2.24) is 24.3 Å². The van der Waals surface area contributed by atoms with Gasteiger partial charge in [0.25, 0.3) is 5.91 Å². The van der Waals surface area contributed by atoms with Crippen LogP contribution >= 0.6 is 0 Å². The molecule has 8 heteroatoms. The maximum absolute atomic E-state index is 13.7. The molecule has 0 atom stereocenters. The Kier molecular flexibility index (Phi) is 6.93. The maximum atomic E-state index is 13.7. The van der Waals surface area contributed by atoms with E-state index in [1.165, 1.54) is 0 Å². The van der Waals surface area contributed by atoms with Gasteiger partial charge in [-0.2, -0.15) is 0 Å². The summed E-state index contributed by atoms with van der Waals surface area (Å²) in [6.45, 7) is 5.65. The standard InChI is InChI=1S/C28H30N6O2/c1-2-31(21-26(35)33-18-16-32(17-19-33)23-12-14-29-15-13-23)28(36)27-30-24-10-6-7-11-25(24)34(27)20-22-8-4-3-5-9-22/h3-15H,2,16-21H2,1H3. The molecule has 0 bridgehead atoms. The van der Waals surface area contributed by atoms with Gasteiger partial charge in [-0.05, 0) is 36.8 Å². The topological polar surface area (TPSA) is 74.6 Å². The summed E-state index contributed by atoms with van der Waals surface area (Å²) in [6, 6.07) is 21.8. The van der Waals surface area contributed by atoms with Gasteiger partial charge in [-0.3, -0.25) is 14.6 Å². The number of piperazine rings is 1. The van der Waals surface area contributed by atoms with Crippen molar-refractivity contribution in [1.29, 1.82) is 0 Å². The first-order chi connectivity index (χ1) is 17.6. The number of amides is 2. The van der Waals surface area contributed by atoms with E-state index in [1.807, 2.05) is 83.1 Å². The van der Waals surface area contributed by atoms with E-state index >= 15 is 0 Å². The largest absolute Gasteiger partial charge is 0.368 e. The van der Waals surface area contributed by atoms with Crippen molar-refractivity contribution < 1.29 is 9.59 Å². The van der Waals surface area contributed by atoms with E-state index in [2.05, 4.69) is 14.9 Å². The number of para-hydroxylation sites is 2. The SMILES string of the molecule is CCN(CC(=O)N1CCN(c2ccncc2)CC1)C(=O)c1nc2ccccc2n1Cc1ccccc1. The third-order valence-electron chi connectivity index (χ3n) is 6.68. The van der Waals surface area contributed by atoms with Crippen LogP contribution < -0.4 is 4.90 Å². The van der Waals surface area contributed by atoms with Gasteiger partial charge >= 0.3 is 0 Å². The number of fused-ring (bicyclic) bond motifs is 1. The van der Waals surface area contributed by atoms with Crippen LogP contribution in [0.2, 0.25) is 0 Å². The lowest BCUT2D eigenvalue weighted by Gasteiger charge is -2.36. The van der Waals surface area contributed by atoms with Crippen molar-refractivity contribution in [3.63, 3.8) is 0 Å². The van der Waals surface area contributed by atoms with Crippen LogP contribution in [0, 0.1) is 0 Å². The number of anilines is 1. The van der Waals surface area contributed by atoms with Gasteiger partial charge in [0.05, 0.1) is 11.0 Å². The van der Waals surface area contributed by atoms with Crippen molar-refractivity contribution in [2.45, 2.75) is 13.5 Å². The third-order valence-corrected chi connectivity index (χ3v) is 6.68. The second kappa shape index (κ2) is 10.6. The summed E-state index contributed by atoms with van der Waals surface area (Å²) < 4.78 is 1.95. The molecular weight excluding hydrogens is 452 g/mol. The Morgan fingerprint density at radius 2 is 1.58 bits per heavy atom. The molecule has 0 saturated carbocycles. The third kappa shape index (κ3) is 4.93. The summed E-state index contributed by atoms with van der Waals surface area (Å²) in [7, 11) is 0. The molecular formula is C28H30N6O2. The Morgan fingerprint density at radius 1 is 0.889 bits per heavy atom. The van der Waals surface area contributed by atoms with Gasteiger partial charge in [-0.15, -0.1) is 0 Å². The van der Waals surface area contributed by atoms with E-state index in [1.54, 1.807) is 17.3 Å². The minimum atomic E-state index is -0.228. The molecule has 5 rings (SSSR count). The molecule has 4 aromatic rings. The molecule has 1 aliphatic rings. The lowest BCUT2D eigenvalue weighted by atomic mass is 10.2. The van der Waals surface area contributed by atoms with E-state index in [9.17, 15) is 9.59 Å². The molecule has 8 nitrogen and oxygen atoms in total. The molecule has 1 saturated heterocycles. The summed E-state index contributed by atoms with van der Waals surface area (Å²) in [6.07, 6.45) is 3.56. The van der Waals surface area contributed by atoms with Crippen LogP contribution in [-0.4, -0.2) is 75.4 Å². The summed E-state index contributed by atoms with van der Waals surface area (Å²) in [5.41, 5.74) is 3.87. The molecule has 2 amide bonds. The zero-order chi connectivity index (χ0) is 24.9. The maximum Gasteiger partial charge on any atom is 0.290 e. The second-order valence-corrected chi connectivity index (χ2v) is 8.89. The number of pyridine rings is 1. The molecule has 36 heavy (non-hydrogen) atoms. The molecule has 184 valence electrons. The number of carbonyl (C=O) groups is 2.